The van der Waals surface area contributed by atoms with Crippen LogP contribution in [0.15, 0.2) is 28.8 Å². The summed E-state index contributed by atoms with van der Waals surface area (Å²) in [6, 6.07) is 0. The molecule has 0 aromatic carbocycles. The van der Waals surface area contributed by atoms with Gasteiger partial charge in [0.15, 0.2) is 0 Å². The molecule has 7 heteroatoms. The molecule has 122 valence electrons. The van der Waals surface area contributed by atoms with E-state index in [0.29, 0.717) is 0 Å². The van der Waals surface area contributed by atoms with Crippen molar-refractivity contribution in [2.75, 3.05) is 14.2 Å². The molecule has 0 saturated carbocycles. The van der Waals surface area contributed by atoms with E-state index in [1.165, 1.54) is 38.1 Å². The Hall–Kier alpha value is -1.76. The minimum atomic E-state index is -0.505. The number of rotatable bonds is 4. The Balaban J connectivity index is 2.94. The average Bonchev–Trinajstić information content (AvgIpc) is 2.61. The van der Waals surface area contributed by atoms with E-state index in [1.807, 2.05) is 32.6 Å². The van der Waals surface area contributed by atoms with Gasteiger partial charge in [0.2, 0.25) is 0 Å². The van der Waals surface area contributed by atoms with Crippen LogP contribution in [0.2, 0.25) is 0 Å². The number of thioether (sulfide) groups is 1. The maximum atomic E-state index is 11.3. The molecule has 6 nitrogen and oxygen atoms in total. The molecule has 0 amide bonds. The van der Waals surface area contributed by atoms with Crippen molar-refractivity contribution in [3.05, 3.63) is 23.8 Å². The molecule has 0 aliphatic carbocycles. The van der Waals surface area contributed by atoms with E-state index in [9.17, 15) is 9.59 Å². The molecule has 0 spiro atoms. The fourth-order valence-electron chi connectivity index (χ4n) is 2.19. The lowest BCUT2D eigenvalue weighted by atomic mass is 10.0. The molecular weight excluding hydrogens is 304 g/mol. The lowest BCUT2D eigenvalue weighted by Gasteiger charge is -2.38. The summed E-state index contributed by atoms with van der Waals surface area (Å²) in [5.41, 5.74) is -0.922. The van der Waals surface area contributed by atoms with Gasteiger partial charge in [0.25, 0.3) is 0 Å². The smallest absolute Gasteiger partial charge is 0.331 e. The Kier molecular flexibility index (Phi) is 5.82. The quantitative estimate of drug-likeness (QED) is 0.583. The molecule has 0 N–H and O–H groups in total. The highest BCUT2D eigenvalue weighted by Crippen LogP contribution is 2.39. The number of nitrogens with zero attached hydrogens (tertiary/aromatic N) is 2. The second-order valence-electron chi connectivity index (χ2n) is 5.62. The first-order valence-corrected chi connectivity index (χ1v) is 7.60. The molecule has 0 bridgehead atoms. The SMILES string of the molecule is COC(=O)C=CSC1=NC(C)(C)N(C=CC(=O)OC)C1(C)C. The summed E-state index contributed by atoms with van der Waals surface area (Å²) in [7, 11) is 2.67. The van der Waals surface area contributed by atoms with Crippen LogP contribution in [0, 0.1) is 0 Å². The van der Waals surface area contributed by atoms with E-state index in [-0.39, 0.29) is 0 Å². The van der Waals surface area contributed by atoms with Crippen LogP contribution >= 0.6 is 11.8 Å². The van der Waals surface area contributed by atoms with E-state index in [0.717, 1.165) is 5.04 Å². The van der Waals surface area contributed by atoms with Gasteiger partial charge in [-0.05, 0) is 33.1 Å². The highest BCUT2D eigenvalue weighted by molar-refractivity contribution is 8.16. The predicted molar refractivity (Wildman–Crippen MR) is 87.3 cm³/mol. The molecule has 1 heterocycles. The van der Waals surface area contributed by atoms with Crippen LogP contribution in [0.4, 0.5) is 0 Å². The number of methoxy groups -OCH3 is 2. The van der Waals surface area contributed by atoms with E-state index >= 15 is 0 Å². The lowest BCUT2D eigenvalue weighted by Crippen LogP contribution is -2.48. The van der Waals surface area contributed by atoms with Gasteiger partial charge in [-0.3, -0.25) is 4.99 Å². The van der Waals surface area contributed by atoms with Crippen molar-refractivity contribution in [2.24, 2.45) is 4.99 Å². The van der Waals surface area contributed by atoms with Gasteiger partial charge < -0.3 is 14.4 Å². The molecule has 0 radical (unpaired) electrons. The Morgan fingerprint density at radius 3 is 2.18 bits per heavy atom. The maximum Gasteiger partial charge on any atom is 0.331 e. The molecule has 0 fully saturated rings. The van der Waals surface area contributed by atoms with Gasteiger partial charge in [0, 0.05) is 18.4 Å². The Morgan fingerprint density at radius 2 is 1.64 bits per heavy atom. The third-order valence-corrected chi connectivity index (χ3v) is 4.32. The van der Waals surface area contributed by atoms with Gasteiger partial charge in [-0.25, -0.2) is 9.59 Å². The minimum Gasteiger partial charge on any atom is -0.466 e. The molecule has 0 unspecified atom stereocenters. The van der Waals surface area contributed by atoms with Crippen LogP contribution in [-0.2, 0) is 19.1 Å². The number of hydrogen-bond donors (Lipinski definition) is 0. The van der Waals surface area contributed by atoms with E-state index < -0.39 is 23.1 Å². The van der Waals surface area contributed by atoms with E-state index in [2.05, 4.69) is 14.5 Å². The molecule has 1 aliphatic heterocycles. The van der Waals surface area contributed by atoms with E-state index in [4.69, 9.17) is 0 Å². The number of esters is 2. The zero-order valence-electron chi connectivity index (χ0n) is 13.7. The third kappa shape index (κ3) is 4.13. The molecule has 1 rings (SSSR count). The summed E-state index contributed by atoms with van der Waals surface area (Å²) in [6.07, 6.45) is 4.41. The van der Waals surface area contributed by atoms with Crippen LogP contribution < -0.4 is 0 Å². The van der Waals surface area contributed by atoms with Gasteiger partial charge in [-0.15, -0.1) is 0 Å². The van der Waals surface area contributed by atoms with Gasteiger partial charge in [0.05, 0.1) is 24.8 Å². The van der Waals surface area contributed by atoms with Gasteiger partial charge >= 0.3 is 11.9 Å². The van der Waals surface area contributed by atoms with Crippen molar-refractivity contribution in [3.63, 3.8) is 0 Å². The average molecular weight is 326 g/mol. The lowest BCUT2D eigenvalue weighted by molar-refractivity contribution is -0.135. The van der Waals surface area contributed by atoms with Crippen LogP contribution in [0.1, 0.15) is 27.7 Å². The summed E-state index contributed by atoms with van der Waals surface area (Å²) in [4.78, 5) is 29.1. The van der Waals surface area contributed by atoms with Crippen molar-refractivity contribution in [1.29, 1.82) is 0 Å². The first kappa shape index (κ1) is 18.3. The number of carbonyl (C=O) groups is 2. The maximum absolute atomic E-state index is 11.3. The molecule has 0 atom stereocenters. The zero-order chi connectivity index (χ0) is 17.0. The first-order valence-electron chi connectivity index (χ1n) is 6.72. The van der Waals surface area contributed by atoms with Crippen LogP contribution in [0.3, 0.4) is 0 Å². The second-order valence-corrected chi connectivity index (χ2v) is 6.52. The highest BCUT2D eigenvalue weighted by Gasteiger charge is 2.45. The molecule has 0 saturated heterocycles. The fraction of sp³-hybridized carbons (Fsp3) is 0.533. The topological polar surface area (TPSA) is 68.2 Å². The largest absolute Gasteiger partial charge is 0.466 e. The normalized spacial score (nSPS) is 19.5. The highest BCUT2D eigenvalue weighted by atomic mass is 32.2. The number of hydrogen-bond acceptors (Lipinski definition) is 7. The zero-order valence-corrected chi connectivity index (χ0v) is 14.6. The number of carbonyl (C=O) groups excluding carboxylic acids is 2. The molecular formula is C15H22N2O4S. The molecule has 0 aromatic rings. The van der Waals surface area contributed by atoms with Crippen molar-refractivity contribution in [1.82, 2.24) is 4.90 Å². The predicted octanol–water partition coefficient (Wildman–Crippen LogP) is 2.32. The van der Waals surface area contributed by atoms with Gasteiger partial charge in [0.1, 0.15) is 5.66 Å². The summed E-state index contributed by atoms with van der Waals surface area (Å²) < 4.78 is 9.17. The van der Waals surface area contributed by atoms with Crippen molar-refractivity contribution in [2.45, 2.75) is 38.9 Å². The van der Waals surface area contributed by atoms with Crippen LogP contribution in [-0.4, -0.2) is 47.3 Å². The Labute approximate surface area is 135 Å². The van der Waals surface area contributed by atoms with Crippen molar-refractivity contribution in [3.8, 4) is 0 Å². The third-order valence-electron chi connectivity index (χ3n) is 3.24. The van der Waals surface area contributed by atoms with E-state index in [1.54, 1.807) is 11.6 Å². The summed E-state index contributed by atoms with van der Waals surface area (Å²) >= 11 is 1.36. The molecule has 0 aromatic heterocycles. The fourth-order valence-corrected chi connectivity index (χ4v) is 3.16. The second kappa shape index (κ2) is 7.00. The Bertz CT molecular complexity index is 536. The Morgan fingerprint density at radius 1 is 1.09 bits per heavy atom. The van der Waals surface area contributed by atoms with Crippen LogP contribution in [0.5, 0.6) is 0 Å². The molecule has 22 heavy (non-hydrogen) atoms. The van der Waals surface area contributed by atoms with Gasteiger partial charge in [-0.2, -0.15) is 0 Å². The minimum absolute atomic E-state index is 0.411. The van der Waals surface area contributed by atoms with Crippen molar-refractivity contribution < 1.29 is 19.1 Å². The molecule has 1 aliphatic rings. The first-order chi connectivity index (χ1) is 10.1. The van der Waals surface area contributed by atoms with Crippen molar-refractivity contribution >= 4 is 28.7 Å². The van der Waals surface area contributed by atoms with Gasteiger partial charge in [-0.1, -0.05) is 11.8 Å². The number of ether oxygens (including phenoxy) is 2. The summed E-state index contributed by atoms with van der Waals surface area (Å²) in [5, 5.41) is 2.49. The monoisotopic (exact) mass is 326 g/mol. The summed E-state index contributed by atoms with van der Waals surface area (Å²) in [5.74, 6) is -0.830. The standard InChI is InChI=1S/C15H22N2O4S/c1-14(2)13(22-10-8-12(19)21-6)16-15(3,4)17(14)9-7-11(18)20-5/h7-10H,1-6H3. The summed E-state index contributed by atoms with van der Waals surface area (Å²) in [6.45, 7) is 7.91. The number of aliphatic imine (C=N–C) groups is 1. The van der Waals surface area contributed by atoms with Crippen LogP contribution in [0.25, 0.3) is 0 Å².